The molecule has 1 saturated heterocycles. The third-order valence-electron chi connectivity index (χ3n) is 6.19. The Bertz CT molecular complexity index is 1230. The molecule has 1 aromatic carbocycles. The number of anilines is 1. The summed E-state index contributed by atoms with van der Waals surface area (Å²) in [7, 11) is 0. The van der Waals surface area contributed by atoms with E-state index >= 15 is 0 Å². The molecule has 0 spiro atoms. The Hall–Kier alpha value is -3.80. The molecule has 0 amide bonds. The second-order valence-corrected chi connectivity index (χ2v) is 8.65. The number of H-pyrrole nitrogens is 2. The summed E-state index contributed by atoms with van der Waals surface area (Å²) in [5.74, 6) is 1.20. The van der Waals surface area contributed by atoms with E-state index in [4.69, 9.17) is 0 Å². The number of rotatable bonds is 6. The number of benzene rings is 1. The number of piperazine rings is 1. The topological polar surface area (TPSA) is 103 Å². The molecule has 9 nitrogen and oxygen atoms in total. The van der Waals surface area contributed by atoms with Crippen LogP contribution in [0, 0.1) is 0 Å². The smallest absolute Gasteiger partial charge is 0.351 e. The quantitative estimate of drug-likeness (QED) is 0.434. The number of hydrogen-bond acceptors (Lipinski definition) is 7. The largest absolute Gasteiger partial charge is 0.417 e. The van der Waals surface area contributed by atoms with Crippen molar-refractivity contribution in [3.05, 3.63) is 71.3 Å². The van der Waals surface area contributed by atoms with Gasteiger partial charge in [0.15, 0.2) is 5.82 Å². The summed E-state index contributed by atoms with van der Waals surface area (Å²) < 4.78 is 38.5. The van der Waals surface area contributed by atoms with Gasteiger partial charge in [0.25, 0.3) is 0 Å². The predicted molar refractivity (Wildman–Crippen MR) is 122 cm³/mol. The zero-order valence-electron chi connectivity index (χ0n) is 19.0. The van der Waals surface area contributed by atoms with Crippen LogP contribution in [0.5, 0.6) is 0 Å². The van der Waals surface area contributed by atoms with Crippen LogP contribution in [0.3, 0.4) is 0 Å². The van der Waals surface area contributed by atoms with Crippen LogP contribution in [0.4, 0.5) is 19.0 Å². The minimum Gasteiger partial charge on any atom is -0.351 e. The fourth-order valence-corrected chi connectivity index (χ4v) is 4.39. The predicted octanol–water partition coefficient (Wildman–Crippen LogP) is 3.31. The molecule has 0 aliphatic carbocycles. The average Bonchev–Trinajstić information content (AvgIpc) is 3.52. The van der Waals surface area contributed by atoms with Crippen molar-refractivity contribution in [3.63, 3.8) is 0 Å². The van der Waals surface area contributed by atoms with E-state index in [0.717, 1.165) is 54.3 Å². The summed E-state index contributed by atoms with van der Waals surface area (Å²) in [6, 6.07) is 10.8. The Kier molecular flexibility index (Phi) is 6.20. The van der Waals surface area contributed by atoms with Gasteiger partial charge >= 0.3 is 6.18 Å². The van der Waals surface area contributed by atoms with Crippen LogP contribution < -0.4 is 4.90 Å². The highest BCUT2D eigenvalue weighted by molar-refractivity contribution is 5.63. The number of aromatic amines is 2. The van der Waals surface area contributed by atoms with Gasteiger partial charge in [-0.05, 0) is 30.2 Å². The van der Waals surface area contributed by atoms with Crippen molar-refractivity contribution in [2.24, 2.45) is 0 Å². The molecule has 2 N–H and O–H groups in total. The summed E-state index contributed by atoms with van der Waals surface area (Å²) in [6.07, 6.45) is -1.04. The number of hydrogen-bond donors (Lipinski definition) is 2. The molecule has 182 valence electrons. The van der Waals surface area contributed by atoms with E-state index in [1.165, 1.54) is 6.07 Å². The summed E-state index contributed by atoms with van der Waals surface area (Å²) in [6.45, 7) is 4.98. The number of alkyl halides is 3. The van der Waals surface area contributed by atoms with Gasteiger partial charge in [-0.2, -0.15) is 23.5 Å². The molecule has 35 heavy (non-hydrogen) atoms. The lowest BCUT2D eigenvalue weighted by Crippen LogP contribution is -2.51. The highest BCUT2D eigenvalue weighted by Crippen LogP contribution is 2.30. The van der Waals surface area contributed by atoms with Crippen LogP contribution in [0.25, 0.3) is 11.3 Å². The number of pyridine rings is 1. The molecule has 1 aliphatic heterocycles. The van der Waals surface area contributed by atoms with Crippen molar-refractivity contribution in [1.82, 2.24) is 40.7 Å². The molecule has 1 fully saturated rings. The van der Waals surface area contributed by atoms with E-state index in [-0.39, 0.29) is 6.04 Å². The molecule has 0 radical (unpaired) electrons. The van der Waals surface area contributed by atoms with Crippen molar-refractivity contribution in [3.8, 4) is 11.3 Å². The third-order valence-corrected chi connectivity index (χ3v) is 6.19. The molecule has 1 atom stereocenters. The minimum absolute atomic E-state index is 0.104. The maximum atomic E-state index is 12.8. The van der Waals surface area contributed by atoms with Gasteiger partial charge in [-0.15, -0.1) is 10.2 Å². The second-order valence-electron chi connectivity index (χ2n) is 8.65. The van der Waals surface area contributed by atoms with Crippen LogP contribution in [-0.2, 0) is 19.1 Å². The Morgan fingerprint density at radius 1 is 1.06 bits per heavy atom. The van der Waals surface area contributed by atoms with E-state index in [1.54, 1.807) is 0 Å². The Morgan fingerprint density at radius 2 is 1.89 bits per heavy atom. The van der Waals surface area contributed by atoms with Gasteiger partial charge in [0.1, 0.15) is 5.82 Å². The molecule has 5 rings (SSSR count). The highest BCUT2D eigenvalue weighted by atomic mass is 19.4. The van der Waals surface area contributed by atoms with Crippen molar-refractivity contribution >= 4 is 5.82 Å². The van der Waals surface area contributed by atoms with E-state index in [2.05, 4.69) is 52.5 Å². The molecular formula is C23H24F3N9. The van der Waals surface area contributed by atoms with E-state index in [0.29, 0.717) is 24.6 Å². The number of tetrazole rings is 1. The average molecular weight is 484 g/mol. The van der Waals surface area contributed by atoms with Crippen LogP contribution in [-0.4, -0.2) is 66.4 Å². The molecule has 1 unspecified atom stereocenters. The first-order valence-corrected chi connectivity index (χ1v) is 11.2. The zero-order chi connectivity index (χ0) is 24.4. The Morgan fingerprint density at radius 3 is 2.54 bits per heavy atom. The number of nitrogens with one attached hydrogen (secondary N) is 2. The fourth-order valence-electron chi connectivity index (χ4n) is 4.39. The molecule has 4 heterocycles. The summed E-state index contributed by atoms with van der Waals surface area (Å²) in [5.41, 5.74) is 3.44. The number of aromatic nitrogens is 7. The lowest BCUT2D eigenvalue weighted by Gasteiger charge is -2.40. The van der Waals surface area contributed by atoms with Crippen LogP contribution in [0.2, 0.25) is 0 Å². The van der Waals surface area contributed by atoms with Gasteiger partial charge in [-0.25, -0.2) is 4.98 Å². The molecule has 1 aliphatic rings. The van der Waals surface area contributed by atoms with Crippen molar-refractivity contribution in [1.29, 1.82) is 0 Å². The number of halogens is 3. The third kappa shape index (κ3) is 5.16. The van der Waals surface area contributed by atoms with Gasteiger partial charge in [0, 0.05) is 50.4 Å². The van der Waals surface area contributed by atoms with Gasteiger partial charge in [0.2, 0.25) is 0 Å². The first kappa shape index (κ1) is 23.0. The van der Waals surface area contributed by atoms with Crippen LogP contribution in [0.1, 0.15) is 29.4 Å². The van der Waals surface area contributed by atoms with Gasteiger partial charge in [-0.1, -0.05) is 29.5 Å². The van der Waals surface area contributed by atoms with Crippen LogP contribution >= 0.6 is 0 Å². The second kappa shape index (κ2) is 9.45. The lowest BCUT2D eigenvalue weighted by molar-refractivity contribution is -0.137. The Balaban J connectivity index is 1.22. The first-order chi connectivity index (χ1) is 16.9. The van der Waals surface area contributed by atoms with E-state index in [1.807, 2.05) is 30.5 Å². The first-order valence-electron chi connectivity index (χ1n) is 11.2. The van der Waals surface area contributed by atoms with Gasteiger partial charge < -0.3 is 4.90 Å². The van der Waals surface area contributed by atoms with E-state index < -0.39 is 11.7 Å². The van der Waals surface area contributed by atoms with E-state index in [9.17, 15) is 13.2 Å². The minimum atomic E-state index is -4.38. The lowest BCUT2D eigenvalue weighted by atomic mass is 10.0. The fraction of sp³-hybridized carbons (Fsp3) is 0.348. The molecule has 0 bridgehead atoms. The van der Waals surface area contributed by atoms with Gasteiger partial charge in [0.05, 0.1) is 17.5 Å². The van der Waals surface area contributed by atoms with Crippen molar-refractivity contribution in [2.75, 3.05) is 24.5 Å². The SMILES string of the molecule is CC1CN(Cc2cn[nH]c2-c2ccc(Cc3nn[nH]n3)cc2)CCN1c1ccc(C(F)(F)F)cn1. The summed E-state index contributed by atoms with van der Waals surface area (Å²) >= 11 is 0. The standard InChI is InChI=1S/C23H24F3N9/c1-15-13-34(8-9-35(15)21-7-6-19(12-27-21)23(24,25)26)14-18-11-28-31-22(18)17-4-2-16(3-5-17)10-20-29-32-33-30-20/h2-7,11-12,15H,8-10,13-14H2,1H3,(H,28,31)(H,29,30,32,33). The normalized spacial score (nSPS) is 17.1. The zero-order valence-corrected chi connectivity index (χ0v) is 19.0. The van der Waals surface area contributed by atoms with Crippen molar-refractivity contribution in [2.45, 2.75) is 32.1 Å². The maximum Gasteiger partial charge on any atom is 0.417 e. The summed E-state index contributed by atoms with van der Waals surface area (Å²) in [4.78, 5) is 8.44. The highest BCUT2D eigenvalue weighted by Gasteiger charge is 2.32. The number of nitrogens with zero attached hydrogens (tertiary/aromatic N) is 7. The van der Waals surface area contributed by atoms with Crippen LogP contribution in [0.15, 0.2) is 48.8 Å². The van der Waals surface area contributed by atoms with Crippen molar-refractivity contribution < 1.29 is 13.2 Å². The molecule has 4 aromatic rings. The maximum absolute atomic E-state index is 12.8. The summed E-state index contributed by atoms with van der Waals surface area (Å²) in [5, 5.41) is 21.4. The molecule has 3 aromatic heterocycles. The molecule has 0 saturated carbocycles. The van der Waals surface area contributed by atoms with Gasteiger partial charge in [-0.3, -0.25) is 10.00 Å². The monoisotopic (exact) mass is 483 g/mol. The molecule has 12 heteroatoms. The molecular weight excluding hydrogens is 459 g/mol. The Labute approximate surface area is 199 Å².